The van der Waals surface area contributed by atoms with Crippen LogP contribution in [0.3, 0.4) is 0 Å². The molecular formula is C7H18NO2. The largest absolute Gasteiger partial charge is 0.396 e. The average molecular weight is 148 g/mol. The Labute approximate surface area is 62.7 Å². The summed E-state index contributed by atoms with van der Waals surface area (Å²) in [4.78, 5) is 0. The zero-order valence-electron chi connectivity index (χ0n) is 6.64. The number of aliphatic hydroxyl groups excluding tert-OH is 2. The van der Waals surface area contributed by atoms with Gasteiger partial charge in [-0.2, -0.15) is 0 Å². The summed E-state index contributed by atoms with van der Waals surface area (Å²) in [6, 6.07) is 0. The first kappa shape index (κ1) is 12.5. The third-order valence-corrected chi connectivity index (χ3v) is 1.30. The summed E-state index contributed by atoms with van der Waals surface area (Å²) >= 11 is 0. The molecule has 0 atom stereocenters. The van der Waals surface area contributed by atoms with Crippen LogP contribution in [-0.4, -0.2) is 23.4 Å². The highest BCUT2D eigenvalue weighted by atomic mass is 16.3. The maximum Gasteiger partial charge on any atom is 0.0436 e. The van der Waals surface area contributed by atoms with E-state index in [1.807, 2.05) is 6.92 Å². The van der Waals surface area contributed by atoms with Crippen LogP contribution in [0.25, 0.3) is 0 Å². The Morgan fingerprint density at radius 1 is 1.10 bits per heavy atom. The fraction of sp³-hybridized carbons (Fsp3) is 0.857. The lowest BCUT2D eigenvalue weighted by atomic mass is 10.0. The van der Waals surface area contributed by atoms with Crippen LogP contribution in [0.5, 0.6) is 0 Å². The molecule has 10 heavy (non-hydrogen) atoms. The smallest absolute Gasteiger partial charge is 0.0436 e. The molecule has 0 saturated heterocycles. The highest BCUT2D eigenvalue weighted by molar-refractivity contribution is 4.82. The highest BCUT2D eigenvalue weighted by Gasteiger charge is 1.99. The third kappa shape index (κ3) is 7.88. The quantitative estimate of drug-likeness (QED) is 0.542. The molecule has 0 aromatic carbocycles. The minimum Gasteiger partial charge on any atom is -0.396 e. The van der Waals surface area contributed by atoms with Crippen LogP contribution < -0.4 is 6.15 Å². The second-order valence-corrected chi connectivity index (χ2v) is 2.26. The molecule has 5 N–H and O–H groups in total. The molecule has 0 saturated carbocycles. The maximum absolute atomic E-state index is 8.45. The Balaban J connectivity index is 0. The van der Waals surface area contributed by atoms with E-state index < -0.39 is 0 Å². The van der Waals surface area contributed by atoms with Crippen molar-refractivity contribution in [2.45, 2.75) is 26.2 Å². The van der Waals surface area contributed by atoms with E-state index in [0.29, 0.717) is 0 Å². The van der Waals surface area contributed by atoms with Gasteiger partial charge in [0.15, 0.2) is 0 Å². The van der Waals surface area contributed by atoms with Crippen LogP contribution in [0.15, 0.2) is 0 Å². The van der Waals surface area contributed by atoms with Gasteiger partial charge in [0.2, 0.25) is 0 Å². The Morgan fingerprint density at radius 2 is 1.70 bits per heavy atom. The van der Waals surface area contributed by atoms with Gasteiger partial charge in [0.05, 0.1) is 0 Å². The molecule has 0 rings (SSSR count). The molecule has 3 nitrogen and oxygen atoms in total. The topological polar surface area (TPSA) is 75.5 Å². The molecule has 1 radical (unpaired) electrons. The minimum absolute atomic E-state index is 0. The van der Waals surface area contributed by atoms with E-state index >= 15 is 0 Å². The van der Waals surface area contributed by atoms with Crippen LogP contribution in [0, 0.1) is 5.92 Å². The molecule has 0 bridgehead atoms. The summed E-state index contributed by atoms with van der Waals surface area (Å²) in [5, 5.41) is 16.9. The van der Waals surface area contributed by atoms with Crippen LogP contribution >= 0.6 is 0 Å². The van der Waals surface area contributed by atoms with E-state index in [1.165, 1.54) is 5.92 Å². The molecule has 0 aliphatic rings. The zero-order chi connectivity index (χ0) is 7.11. The maximum atomic E-state index is 8.45. The van der Waals surface area contributed by atoms with Gasteiger partial charge in [-0.15, -0.1) is 0 Å². The lowest BCUT2D eigenvalue weighted by molar-refractivity contribution is 0.273. The Morgan fingerprint density at radius 3 is 2.10 bits per heavy atom. The van der Waals surface area contributed by atoms with Crippen molar-refractivity contribution in [2.75, 3.05) is 13.2 Å². The van der Waals surface area contributed by atoms with E-state index in [4.69, 9.17) is 10.2 Å². The zero-order valence-corrected chi connectivity index (χ0v) is 6.64. The van der Waals surface area contributed by atoms with Gasteiger partial charge in [-0.25, -0.2) is 0 Å². The molecule has 0 spiro atoms. The average Bonchev–Trinajstić information content (AvgIpc) is 1.85. The summed E-state index contributed by atoms with van der Waals surface area (Å²) < 4.78 is 0. The van der Waals surface area contributed by atoms with Gasteiger partial charge in [-0.05, 0) is 25.2 Å². The lowest BCUT2D eigenvalue weighted by Gasteiger charge is -2.05. The Kier molecular flexibility index (Phi) is 11.1. The summed E-state index contributed by atoms with van der Waals surface area (Å²) in [5.41, 5.74) is 0. The molecule has 0 unspecified atom stereocenters. The van der Waals surface area contributed by atoms with Gasteiger partial charge in [0, 0.05) is 13.2 Å². The van der Waals surface area contributed by atoms with Crippen molar-refractivity contribution < 1.29 is 10.2 Å². The van der Waals surface area contributed by atoms with Crippen molar-refractivity contribution in [3.8, 4) is 0 Å². The fourth-order valence-corrected chi connectivity index (χ4v) is 0.697. The predicted molar refractivity (Wildman–Crippen MR) is 42.0 cm³/mol. The van der Waals surface area contributed by atoms with E-state index in [-0.39, 0.29) is 19.4 Å². The van der Waals surface area contributed by atoms with E-state index in [2.05, 4.69) is 0 Å². The summed E-state index contributed by atoms with van der Waals surface area (Å²) in [6.45, 7) is 2.49. The third-order valence-electron chi connectivity index (χ3n) is 1.30. The molecule has 0 heterocycles. The van der Waals surface area contributed by atoms with Crippen molar-refractivity contribution >= 4 is 0 Å². The fourth-order valence-electron chi connectivity index (χ4n) is 0.697. The van der Waals surface area contributed by atoms with Gasteiger partial charge in [-0.1, -0.05) is 6.92 Å². The number of rotatable bonds is 5. The number of hydrogen-bond acceptors (Lipinski definition) is 3. The van der Waals surface area contributed by atoms with Crippen molar-refractivity contribution in [3.63, 3.8) is 0 Å². The Bertz CT molecular complexity index is 59.6. The predicted octanol–water partition coefficient (Wildman–Crippen LogP) is 0.898. The first-order valence-electron chi connectivity index (χ1n) is 3.34. The summed E-state index contributed by atoms with van der Waals surface area (Å²) in [5.74, 6) is 1.27. The molecule has 0 fully saturated rings. The molecule has 0 amide bonds. The van der Waals surface area contributed by atoms with Crippen LogP contribution in [0.2, 0.25) is 0 Å². The van der Waals surface area contributed by atoms with Crippen molar-refractivity contribution in [3.05, 3.63) is 5.92 Å². The molecule has 0 aliphatic carbocycles. The van der Waals surface area contributed by atoms with E-state index in [0.717, 1.165) is 19.3 Å². The molecule has 3 heteroatoms. The van der Waals surface area contributed by atoms with Gasteiger partial charge < -0.3 is 16.4 Å². The molecule has 0 aromatic rings. The summed E-state index contributed by atoms with van der Waals surface area (Å²) in [7, 11) is 0. The molecule has 63 valence electrons. The van der Waals surface area contributed by atoms with Crippen molar-refractivity contribution in [1.82, 2.24) is 6.15 Å². The number of hydrogen-bond donors (Lipinski definition) is 3. The monoisotopic (exact) mass is 148 g/mol. The molecule has 0 aliphatic heterocycles. The second kappa shape index (κ2) is 8.88. The molecule has 0 aromatic heterocycles. The van der Waals surface area contributed by atoms with Gasteiger partial charge >= 0.3 is 0 Å². The van der Waals surface area contributed by atoms with Gasteiger partial charge in [0.1, 0.15) is 0 Å². The van der Waals surface area contributed by atoms with Crippen LogP contribution in [0.1, 0.15) is 26.2 Å². The Hall–Kier alpha value is -0.120. The highest BCUT2D eigenvalue weighted by Crippen LogP contribution is 2.10. The number of aliphatic hydroxyl groups is 2. The van der Waals surface area contributed by atoms with Crippen molar-refractivity contribution in [2.24, 2.45) is 0 Å². The van der Waals surface area contributed by atoms with Gasteiger partial charge in [0.25, 0.3) is 0 Å². The first-order chi connectivity index (χ1) is 4.31. The van der Waals surface area contributed by atoms with Crippen LogP contribution in [-0.2, 0) is 0 Å². The summed E-state index contributed by atoms with van der Waals surface area (Å²) in [6.07, 6.45) is 2.54. The van der Waals surface area contributed by atoms with E-state index in [9.17, 15) is 0 Å². The van der Waals surface area contributed by atoms with Crippen molar-refractivity contribution in [1.29, 1.82) is 0 Å². The lowest BCUT2D eigenvalue weighted by Crippen LogP contribution is -1.96. The minimum atomic E-state index is 0. The molecular weight excluding hydrogens is 130 g/mol. The first-order valence-corrected chi connectivity index (χ1v) is 3.34. The standard InChI is InChI=1S/C7H15O2.H3N/c1-7(4-6-9)3-2-5-8;/h8-9H,2-6H2,1H3;1H3. The SMILES string of the molecule is C[C](CCO)CCCO.N. The van der Waals surface area contributed by atoms with Gasteiger partial charge in [-0.3, -0.25) is 0 Å². The normalized spacial score (nSPS) is 9.60. The van der Waals surface area contributed by atoms with Crippen LogP contribution in [0.4, 0.5) is 0 Å². The van der Waals surface area contributed by atoms with E-state index in [1.54, 1.807) is 0 Å². The second-order valence-electron chi connectivity index (χ2n) is 2.26.